The molecule has 4 aromatic rings. The minimum absolute atomic E-state index is 0.324. The van der Waals surface area contributed by atoms with Gasteiger partial charge in [0.25, 0.3) is 5.56 Å². The summed E-state index contributed by atoms with van der Waals surface area (Å²) < 4.78 is 6.52. The Morgan fingerprint density at radius 2 is 1.81 bits per heavy atom. The van der Waals surface area contributed by atoms with Gasteiger partial charge in [-0.1, -0.05) is 42.5 Å². The van der Waals surface area contributed by atoms with Crippen molar-refractivity contribution >= 4 is 27.5 Å². The number of carboxylic acid groups (broad SMARTS) is 1. The average Bonchev–Trinajstić information content (AvgIpc) is 3.19. The Hall–Kier alpha value is -3.45. The average molecular weight is 435 g/mol. The molecule has 0 saturated heterocycles. The van der Waals surface area contributed by atoms with Crippen LogP contribution in [0.25, 0.3) is 21.3 Å². The van der Waals surface area contributed by atoms with Gasteiger partial charge < -0.3 is 9.84 Å². The highest BCUT2D eigenvalue weighted by molar-refractivity contribution is 7.17. The molecule has 0 saturated carbocycles. The molecule has 7 heteroatoms. The normalized spacial score (nSPS) is 11.6. The largest absolute Gasteiger partial charge is 0.497 e. The summed E-state index contributed by atoms with van der Waals surface area (Å²) in [7, 11) is 1.60. The van der Waals surface area contributed by atoms with Crippen LogP contribution in [0, 0.1) is 0 Å². The van der Waals surface area contributed by atoms with Gasteiger partial charge in [0.15, 0.2) is 0 Å². The predicted molar refractivity (Wildman–Crippen MR) is 122 cm³/mol. The van der Waals surface area contributed by atoms with Crippen molar-refractivity contribution in [2.75, 3.05) is 7.11 Å². The van der Waals surface area contributed by atoms with Crippen LogP contribution in [0.15, 0.2) is 64.8 Å². The molecule has 0 fully saturated rings. The quantitative estimate of drug-likeness (QED) is 0.482. The van der Waals surface area contributed by atoms with Crippen LogP contribution >= 0.6 is 11.3 Å². The Morgan fingerprint density at radius 3 is 2.42 bits per heavy atom. The summed E-state index contributed by atoms with van der Waals surface area (Å²) in [6, 6.07) is 17.0. The lowest BCUT2D eigenvalue weighted by Crippen LogP contribution is -2.45. The molecule has 0 amide bonds. The maximum absolute atomic E-state index is 13.7. The van der Waals surface area contributed by atoms with Gasteiger partial charge in [-0.3, -0.25) is 9.36 Å². The summed E-state index contributed by atoms with van der Waals surface area (Å²) in [6.45, 7) is 3.05. The van der Waals surface area contributed by atoms with Crippen molar-refractivity contribution in [2.24, 2.45) is 0 Å². The predicted octanol–water partition coefficient (Wildman–Crippen LogP) is 4.54. The number of fused-ring (bicyclic) bond motifs is 1. The molecule has 0 spiro atoms. The molecule has 2 aromatic heterocycles. The van der Waals surface area contributed by atoms with Crippen molar-refractivity contribution < 1.29 is 14.6 Å². The number of benzene rings is 2. The van der Waals surface area contributed by atoms with Crippen molar-refractivity contribution in [3.63, 3.8) is 0 Å². The third kappa shape index (κ3) is 3.72. The summed E-state index contributed by atoms with van der Waals surface area (Å²) in [5.41, 5.74) is 0.762. The molecule has 1 N–H and O–H groups in total. The first-order valence-electron chi connectivity index (χ1n) is 9.78. The van der Waals surface area contributed by atoms with E-state index in [1.807, 2.05) is 60.0 Å². The van der Waals surface area contributed by atoms with Crippen LogP contribution in [0.3, 0.4) is 0 Å². The Labute approximate surface area is 183 Å². The summed E-state index contributed by atoms with van der Waals surface area (Å²) in [6.07, 6.45) is 0.324. The first-order valence-corrected chi connectivity index (χ1v) is 10.7. The summed E-state index contributed by atoms with van der Waals surface area (Å²) in [5, 5.41) is 12.2. The van der Waals surface area contributed by atoms with E-state index in [1.165, 1.54) is 29.8 Å². The lowest BCUT2D eigenvalue weighted by Gasteiger charge is -2.25. The Morgan fingerprint density at radius 1 is 1.13 bits per heavy atom. The summed E-state index contributed by atoms with van der Waals surface area (Å²) in [4.78, 5) is 31.1. The smallest absolute Gasteiger partial charge is 0.329 e. The number of thiophene rings is 1. The first-order chi connectivity index (χ1) is 14.8. The van der Waals surface area contributed by atoms with Crippen LogP contribution < -0.4 is 10.3 Å². The van der Waals surface area contributed by atoms with Crippen LogP contribution in [0.1, 0.15) is 25.2 Å². The van der Waals surface area contributed by atoms with E-state index in [4.69, 9.17) is 9.72 Å². The lowest BCUT2D eigenvalue weighted by molar-refractivity contribution is -0.146. The number of carboxylic acids is 1. The van der Waals surface area contributed by atoms with E-state index < -0.39 is 11.5 Å². The van der Waals surface area contributed by atoms with Crippen molar-refractivity contribution in [3.8, 4) is 16.9 Å². The van der Waals surface area contributed by atoms with E-state index in [0.29, 0.717) is 22.5 Å². The van der Waals surface area contributed by atoms with E-state index in [0.717, 1.165) is 22.4 Å². The molecule has 31 heavy (non-hydrogen) atoms. The van der Waals surface area contributed by atoms with Gasteiger partial charge in [-0.25, -0.2) is 9.78 Å². The second kappa shape index (κ2) is 8.00. The number of methoxy groups -OCH3 is 1. The molecule has 2 heterocycles. The van der Waals surface area contributed by atoms with Gasteiger partial charge in [0.05, 0.1) is 12.5 Å². The molecule has 0 atom stereocenters. The second-order valence-electron chi connectivity index (χ2n) is 7.75. The van der Waals surface area contributed by atoms with E-state index in [1.54, 1.807) is 7.11 Å². The van der Waals surface area contributed by atoms with Crippen LogP contribution in [0.4, 0.5) is 0 Å². The van der Waals surface area contributed by atoms with Crippen LogP contribution in [0.2, 0.25) is 0 Å². The molecular formula is C24H22N2O4S. The Balaban J connectivity index is 1.95. The lowest BCUT2D eigenvalue weighted by atomic mass is 10.0. The molecule has 6 nitrogen and oxygen atoms in total. The fourth-order valence-electron chi connectivity index (χ4n) is 3.58. The number of ether oxygens (including phenoxy) is 1. The topological polar surface area (TPSA) is 81.4 Å². The van der Waals surface area contributed by atoms with Gasteiger partial charge >= 0.3 is 5.97 Å². The van der Waals surface area contributed by atoms with E-state index in [-0.39, 0.29) is 5.56 Å². The van der Waals surface area contributed by atoms with Gasteiger partial charge in [0.1, 0.15) is 21.9 Å². The van der Waals surface area contributed by atoms with Gasteiger partial charge in [-0.05, 0) is 37.1 Å². The zero-order valence-electron chi connectivity index (χ0n) is 17.5. The Bertz CT molecular complexity index is 1310. The molecule has 0 aliphatic heterocycles. The van der Waals surface area contributed by atoms with Crippen molar-refractivity contribution in [3.05, 3.63) is 81.7 Å². The summed E-state index contributed by atoms with van der Waals surface area (Å²) in [5.74, 6) is 0.0425. The molecule has 0 unspecified atom stereocenters. The molecule has 2 aromatic carbocycles. The van der Waals surface area contributed by atoms with Crippen molar-refractivity contribution in [2.45, 2.75) is 25.8 Å². The maximum atomic E-state index is 13.7. The van der Waals surface area contributed by atoms with Crippen LogP contribution in [-0.2, 0) is 16.8 Å². The van der Waals surface area contributed by atoms with Crippen LogP contribution in [-0.4, -0.2) is 27.7 Å². The Kier molecular flexibility index (Phi) is 5.37. The van der Waals surface area contributed by atoms with Crippen molar-refractivity contribution in [1.82, 2.24) is 9.55 Å². The van der Waals surface area contributed by atoms with Gasteiger partial charge in [0, 0.05) is 17.4 Å². The fraction of sp³-hybridized carbons (Fsp3) is 0.208. The van der Waals surface area contributed by atoms with E-state index >= 15 is 0 Å². The minimum atomic E-state index is -1.46. The standard InChI is InChI=1S/C24H22N2O4S/c1-24(2,23(28)29)26-19(13-15-9-11-17(30-3)12-10-15)25-21-20(22(26)27)18(14-31-21)16-7-5-4-6-8-16/h4-12,14H,13H2,1-3H3,(H,28,29). The molecule has 0 aliphatic carbocycles. The molecule has 4 rings (SSSR count). The second-order valence-corrected chi connectivity index (χ2v) is 8.61. The van der Waals surface area contributed by atoms with Crippen molar-refractivity contribution in [1.29, 1.82) is 0 Å². The zero-order chi connectivity index (χ0) is 22.2. The number of hydrogen-bond donors (Lipinski definition) is 1. The number of rotatable bonds is 6. The fourth-order valence-corrected chi connectivity index (χ4v) is 4.54. The molecule has 0 radical (unpaired) electrons. The first kappa shape index (κ1) is 20.8. The summed E-state index contributed by atoms with van der Waals surface area (Å²) >= 11 is 1.39. The van der Waals surface area contributed by atoms with E-state index in [2.05, 4.69) is 0 Å². The zero-order valence-corrected chi connectivity index (χ0v) is 18.3. The highest BCUT2D eigenvalue weighted by Crippen LogP contribution is 2.32. The maximum Gasteiger partial charge on any atom is 0.329 e. The highest BCUT2D eigenvalue weighted by atomic mass is 32.1. The molecule has 0 bridgehead atoms. The van der Waals surface area contributed by atoms with E-state index in [9.17, 15) is 14.7 Å². The third-order valence-electron chi connectivity index (χ3n) is 5.37. The number of nitrogens with zero attached hydrogens (tertiary/aromatic N) is 2. The number of hydrogen-bond acceptors (Lipinski definition) is 5. The molecule has 158 valence electrons. The van der Waals surface area contributed by atoms with Gasteiger partial charge in [0.2, 0.25) is 0 Å². The number of carbonyl (C=O) groups is 1. The SMILES string of the molecule is COc1ccc(Cc2nc3scc(-c4ccccc4)c3c(=O)n2C(C)(C)C(=O)O)cc1. The molecule has 0 aliphatic rings. The monoisotopic (exact) mass is 434 g/mol. The van der Waals surface area contributed by atoms with Crippen LogP contribution in [0.5, 0.6) is 5.75 Å². The highest BCUT2D eigenvalue weighted by Gasteiger charge is 2.34. The third-order valence-corrected chi connectivity index (χ3v) is 6.24. The molecular weight excluding hydrogens is 412 g/mol. The minimum Gasteiger partial charge on any atom is -0.497 e. The van der Waals surface area contributed by atoms with Gasteiger partial charge in [-0.15, -0.1) is 11.3 Å². The number of aromatic nitrogens is 2. The van der Waals surface area contributed by atoms with Gasteiger partial charge in [-0.2, -0.15) is 0 Å². The number of aliphatic carboxylic acids is 1.